The number of H-pyrrole nitrogens is 1. The van der Waals surface area contributed by atoms with Crippen LogP contribution >= 0.6 is 0 Å². The molecule has 1 unspecified atom stereocenters. The Morgan fingerprint density at radius 1 is 1.59 bits per heavy atom. The maximum Gasteiger partial charge on any atom is 0.237 e. The van der Waals surface area contributed by atoms with E-state index in [0.717, 1.165) is 12.2 Å². The molecule has 1 aromatic heterocycles. The first-order valence-electron chi connectivity index (χ1n) is 6.09. The number of amides is 1. The fourth-order valence-electron chi connectivity index (χ4n) is 1.73. The SMILES string of the molecule is CCC(NC(=O)[C@H](N)CC(C)C)c1ncc[nH]1. The molecule has 0 saturated heterocycles. The van der Waals surface area contributed by atoms with Crippen molar-refractivity contribution in [1.82, 2.24) is 15.3 Å². The summed E-state index contributed by atoms with van der Waals surface area (Å²) in [6, 6.07) is -0.533. The molecule has 1 aromatic rings. The number of nitrogens with one attached hydrogen (secondary N) is 2. The third kappa shape index (κ3) is 4.19. The third-order valence-electron chi connectivity index (χ3n) is 2.64. The van der Waals surface area contributed by atoms with Crippen LogP contribution in [0.2, 0.25) is 0 Å². The summed E-state index contributed by atoms with van der Waals surface area (Å²) >= 11 is 0. The topological polar surface area (TPSA) is 83.8 Å². The predicted octanol–water partition coefficient (Wildman–Crippen LogP) is 1.35. The van der Waals surface area contributed by atoms with Crippen LogP contribution in [0.15, 0.2) is 12.4 Å². The van der Waals surface area contributed by atoms with E-state index in [1.54, 1.807) is 12.4 Å². The molecule has 2 atom stereocenters. The third-order valence-corrected chi connectivity index (χ3v) is 2.64. The zero-order chi connectivity index (χ0) is 12.8. The summed E-state index contributed by atoms with van der Waals surface area (Å²) < 4.78 is 0. The second-order valence-corrected chi connectivity index (χ2v) is 4.68. The molecule has 0 fully saturated rings. The number of hydrogen-bond acceptors (Lipinski definition) is 3. The lowest BCUT2D eigenvalue weighted by Crippen LogP contribution is -2.43. The monoisotopic (exact) mass is 238 g/mol. The number of hydrogen-bond donors (Lipinski definition) is 3. The van der Waals surface area contributed by atoms with Crippen molar-refractivity contribution in [3.63, 3.8) is 0 Å². The number of carbonyl (C=O) groups is 1. The van der Waals surface area contributed by atoms with Crippen molar-refractivity contribution in [2.45, 2.75) is 45.7 Å². The Labute approximate surface area is 102 Å². The van der Waals surface area contributed by atoms with Gasteiger partial charge in [0.2, 0.25) is 5.91 Å². The largest absolute Gasteiger partial charge is 0.347 e. The van der Waals surface area contributed by atoms with E-state index in [2.05, 4.69) is 29.1 Å². The minimum absolute atomic E-state index is 0.0873. The summed E-state index contributed by atoms with van der Waals surface area (Å²) in [6.45, 7) is 6.11. The zero-order valence-corrected chi connectivity index (χ0v) is 10.7. The maximum absolute atomic E-state index is 11.9. The van der Waals surface area contributed by atoms with Crippen molar-refractivity contribution in [1.29, 1.82) is 0 Å². The Hall–Kier alpha value is -1.36. The summed E-state index contributed by atoms with van der Waals surface area (Å²) in [7, 11) is 0. The van der Waals surface area contributed by atoms with E-state index in [0.29, 0.717) is 12.3 Å². The molecule has 0 aliphatic carbocycles. The van der Waals surface area contributed by atoms with E-state index in [1.807, 2.05) is 6.92 Å². The molecular weight excluding hydrogens is 216 g/mol. The summed E-state index contributed by atoms with van der Waals surface area (Å²) in [6.07, 6.45) is 4.91. The van der Waals surface area contributed by atoms with Gasteiger partial charge in [0, 0.05) is 12.4 Å². The standard InChI is InChI=1S/C12H22N4O/c1-4-10(11-14-5-6-15-11)16-12(17)9(13)7-8(2)3/h5-6,8-10H,4,7,13H2,1-3H3,(H,14,15)(H,16,17)/t9-,10?/m1/s1. The highest BCUT2D eigenvalue weighted by Crippen LogP contribution is 2.12. The van der Waals surface area contributed by atoms with Crippen molar-refractivity contribution in [2.75, 3.05) is 0 Å². The highest BCUT2D eigenvalue weighted by atomic mass is 16.2. The van der Waals surface area contributed by atoms with Gasteiger partial charge < -0.3 is 16.0 Å². The number of aromatic amines is 1. The van der Waals surface area contributed by atoms with Crippen molar-refractivity contribution >= 4 is 5.91 Å². The van der Waals surface area contributed by atoms with E-state index in [4.69, 9.17) is 5.73 Å². The lowest BCUT2D eigenvalue weighted by Gasteiger charge is -2.19. The van der Waals surface area contributed by atoms with Gasteiger partial charge in [-0.1, -0.05) is 20.8 Å². The quantitative estimate of drug-likeness (QED) is 0.699. The first-order valence-corrected chi connectivity index (χ1v) is 6.09. The minimum Gasteiger partial charge on any atom is -0.347 e. The summed E-state index contributed by atoms with van der Waals surface area (Å²) in [5.41, 5.74) is 5.83. The Balaban J connectivity index is 2.54. The van der Waals surface area contributed by atoms with E-state index < -0.39 is 6.04 Å². The van der Waals surface area contributed by atoms with E-state index in [-0.39, 0.29) is 11.9 Å². The molecule has 5 heteroatoms. The van der Waals surface area contributed by atoms with Gasteiger partial charge in [0.05, 0.1) is 12.1 Å². The zero-order valence-electron chi connectivity index (χ0n) is 10.7. The van der Waals surface area contributed by atoms with Gasteiger partial charge in [0.15, 0.2) is 0 Å². The number of rotatable bonds is 6. The molecule has 0 bridgehead atoms. The van der Waals surface area contributed by atoms with Crippen LogP contribution in [-0.2, 0) is 4.79 Å². The molecule has 96 valence electrons. The van der Waals surface area contributed by atoms with Gasteiger partial charge in [-0.2, -0.15) is 0 Å². The molecule has 1 amide bonds. The van der Waals surface area contributed by atoms with Crippen LogP contribution in [0, 0.1) is 5.92 Å². The Morgan fingerprint density at radius 3 is 2.76 bits per heavy atom. The average Bonchev–Trinajstić information content (AvgIpc) is 2.77. The van der Waals surface area contributed by atoms with Gasteiger partial charge in [-0.15, -0.1) is 0 Å². The molecule has 17 heavy (non-hydrogen) atoms. The van der Waals surface area contributed by atoms with E-state index in [9.17, 15) is 4.79 Å². The van der Waals surface area contributed by atoms with E-state index >= 15 is 0 Å². The van der Waals surface area contributed by atoms with Crippen molar-refractivity contribution in [2.24, 2.45) is 11.7 Å². The van der Waals surface area contributed by atoms with Crippen molar-refractivity contribution in [3.8, 4) is 0 Å². The molecule has 0 aliphatic rings. The fourth-order valence-corrected chi connectivity index (χ4v) is 1.73. The van der Waals surface area contributed by atoms with Gasteiger partial charge >= 0.3 is 0 Å². The molecule has 1 rings (SSSR count). The molecule has 0 aromatic carbocycles. The molecule has 0 saturated carbocycles. The normalized spacial score (nSPS) is 14.6. The van der Waals surface area contributed by atoms with E-state index in [1.165, 1.54) is 0 Å². The lowest BCUT2D eigenvalue weighted by atomic mass is 10.0. The van der Waals surface area contributed by atoms with Crippen LogP contribution in [0.1, 0.15) is 45.5 Å². The molecule has 1 heterocycles. The first kappa shape index (κ1) is 13.7. The Bertz CT molecular complexity index is 334. The van der Waals surface area contributed by atoms with Gasteiger partial charge in [-0.25, -0.2) is 4.98 Å². The fraction of sp³-hybridized carbons (Fsp3) is 0.667. The molecule has 4 N–H and O–H groups in total. The summed E-state index contributed by atoms with van der Waals surface area (Å²) in [5, 5.41) is 2.92. The van der Waals surface area contributed by atoms with Gasteiger partial charge in [-0.3, -0.25) is 4.79 Å². The van der Waals surface area contributed by atoms with Crippen molar-refractivity contribution in [3.05, 3.63) is 18.2 Å². The minimum atomic E-state index is -0.445. The van der Waals surface area contributed by atoms with Crippen LogP contribution in [0.3, 0.4) is 0 Å². The summed E-state index contributed by atoms with van der Waals surface area (Å²) in [4.78, 5) is 19.0. The number of aromatic nitrogens is 2. The molecular formula is C12H22N4O. The second kappa shape index (κ2) is 6.39. The Morgan fingerprint density at radius 2 is 2.29 bits per heavy atom. The number of carbonyl (C=O) groups excluding carboxylic acids is 1. The molecule has 0 aliphatic heterocycles. The van der Waals surface area contributed by atoms with Crippen LogP contribution in [0.25, 0.3) is 0 Å². The van der Waals surface area contributed by atoms with Gasteiger partial charge in [-0.05, 0) is 18.8 Å². The highest BCUT2D eigenvalue weighted by molar-refractivity contribution is 5.81. The second-order valence-electron chi connectivity index (χ2n) is 4.68. The Kier molecular flexibility index (Phi) is 5.15. The number of nitrogens with two attached hydrogens (primary N) is 1. The van der Waals surface area contributed by atoms with Crippen molar-refractivity contribution < 1.29 is 4.79 Å². The number of imidazole rings is 1. The lowest BCUT2D eigenvalue weighted by molar-refractivity contribution is -0.123. The van der Waals surface area contributed by atoms with Gasteiger partial charge in [0.25, 0.3) is 0 Å². The first-order chi connectivity index (χ1) is 8.04. The van der Waals surface area contributed by atoms with Crippen LogP contribution < -0.4 is 11.1 Å². The molecule has 0 radical (unpaired) electrons. The van der Waals surface area contributed by atoms with Crippen LogP contribution in [0.5, 0.6) is 0 Å². The number of nitrogens with zero attached hydrogens (tertiary/aromatic N) is 1. The summed E-state index contributed by atoms with van der Waals surface area (Å²) in [5.74, 6) is 1.08. The maximum atomic E-state index is 11.9. The smallest absolute Gasteiger partial charge is 0.237 e. The van der Waals surface area contributed by atoms with Crippen LogP contribution in [0.4, 0.5) is 0 Å². The van der Waals surface area contributed by atoms with Crippen LogP contribution in [-0.4, -0.2) is 21.9 Å². The molecule has 5 nitrogen and oxygen atoms in total. The predicted molar refractivity (Wildman–Crippen MR) is 67.2 cm³/mol. The average molecular weight is 238 g/mol. The van der Waals surface area contributed by atoms with Gasteiger partial charge in [0.1, 0.15) is 5.82 Å². The highest BCUT2D eigenvalue weighted by Gasteiger charge is 2.20. The molecule has 0 spiro atoms.